The fraction of sp³-hybridized carbons (Fsp3) is 0.222. The number of rotatable bonds is 5. The number of nitrogens with zero attached hydrogens (tertiary/aromatic N) is 2. The van der Waals surface area contributed by atoms with E-state index in [1.54, 1.807) is 23.9 Å². The standard InChI is InChI=1S/C18H19N3O2/c1-3-21-16-10-17(20-12-14(16)6-9-18(21)22)19-11-13-4-7-15(23-2)8-5-13/h4-10,12H,3,11H2,1-2H3,(H,19,20). The average molecular weight is 309 g/mol. The molecule has 0 radical (unpaired) electrons. The van der Waals surface area contributed by atoms with Gasteiger partial charge in [0.15, 0.2) is 0 Å². The van der Waals surface area contributed by atoms with Crippen molar-refractivity contribution in [3.8, 4) is 5.75 Å². The third-order valence-electron chi connectivity index (χ3n) is 3.82. The molecule has 1 N–H and O–H groups in total. The Morgan fingerprint density at radius 2 is 1.96 bits per heavy atom. The first kappa shape index (κ1) is 15.1. The molecule has 1 aromatic carbocycles. The summed E-state index contributed by atoms with van der Waals surface area (Å²) in [6.07, 6.45) is 1.79. The Bertz CT molecular complexity index is 870. The van der Waals surface area contributed by atoms with Crippen LogP contribution in [0.2, 0.25) is 0 Å². The van der Waals surface area contributed by atoms with Crippen molar-refractivity contribution in [2.45, 2.75) is 20.0 Å². The molecule has 0 unspecified atom stereocenters. The van der Waals surface area contributed by atoms with Crippen LogP contribution in [0.15, 0.2) is 53.5 Å². The molecule has 3 rings (SSSR count). The number of methoxy groups -OCH3 is 1. The van der Waals surface area contributed by atoms with E-state index in [0.29, 0.717) is 13.1 Å². The Balaban J connectivity index is 1.83. The van der Waals surface area contributed by atoms with Gasteiger partial charge in [-0.25, -0.2) is 4.98 Å². The van der Waals surface area contributed by atoms with Crippen molar-refractivity contribution >= 4 is 16.7 Å². The van der Waals surface area contributed by atoms with Crippen molar-refractivity contribution in [2.24, 2.45) is 0 Å². The Labute approximate surface area is 134 Å². The lowest BCUT2D eigenvalue weighted by atomic mass is 10.2. The quantitative estimate of drug-likeness (QED) is 0.787. The molecule has 118 valence electrons. The zero-order valence-corrected chi connectivity index (χ0v) is 13.2. The van der Waals surface area contributed by atoms with E-state index in [1.807, 2.05) is 43.3 Å². The highest BCUT2D eigenvalue weighted by molar-refractivity contribution is 5.80. The maximum atomic E-state index is 11.9. The second-order valence-corrected chi connectivity index (χ2v) is 5.25. The lowest BCUT2D eigenvalue weighted by molar-refractivity contribution is 0.414. The second kappa shape index (κ2) is 6.52. The van der Waals surface area contributed by atoms with Gasteiger partial charge >= 0.3 is 0 Å². The molecule has 0 aliphatic rings. The monoisotopic (exact) mass is 309 g/mol. The van der Waals surface area contributed by atoms with E-state index in [0.717, 1.165) is 28.0 Å². The van der Waals surface area contributed by atoms with Crippen LogP contribution in [0.5, 0.6) is 5.75 Å². The van der Waals surface area contributed by atoms with E-state index in [4.69, 9.17) is 4.74 Å². The fourth-order valence-electron chi connectivity index (χ4n) is 2.55. The van der Waals surface area contributed by atoms with Crippen LogP contribution in [-0.2, 0) is 13.1 Å². The SMILES string of the molecule is CCn1c(=O)ccc2cnc(NCc3ccc(OC)cc3)cc21. The van der Waals surface area contributed by atoms with Crippen LogP contribution in [0.25, 0.3) is 10.9 Å². The molecule has 0 saturated carbocycles. The Morgan fingerprint density at radius 1 is 1.17 bits per heavy atom. The van der Waals surface area contributed by atoms with Gasteiger partial charge < -0.3 is 14.6 Å². The summed E-state index contributed by atoms with van der Waals surface area (Å²) < 4.78 is 6.90. The third kappa shape index (κ3) is 3.18. The van der Waals surface area contributed by atoms with E-state index < -0.39 is 0 Å². The average Bonchev–Trinajstić information content (AvgIpc) is 2.60. The zero-order chi connectivity index (χ0) is 16.2. The number of anilines is 1. The number of ether oxygens (including phenoxy) is 1. The minimum atomic E-state index is 0.00676. The van der Waals surface area contributed by atoms with Crippen LogP contribution in [0.3, 0.4) is 0 Å². The highest BCUT2D eigenvalue weighted by Crippen LogP contribution is 2.17. The number of aryl methyl sites for hydroxylation is 1. The summed E-state index contributed by atoms with van der Waals surface area (Å²) in [7, 11) is 1.65. The topological polar surface area (TPSA) is 56.2 Å². The molecule has 2 aromatic heterocycles. The fourth-order valence-corrected chi connectivity index (χ4v) is 2.55. The minimum Gasteiger partial charge on any atom is -0.497 e. The number of nitrogens with one attached hydrogen (secondary N) is 1. The number of hydrogen-bond acceptors (Lipinski definition) is 4. The predicted molar refractivity (Wildman–Crippen MR) is 92.0 cm³/mol. The normalized spacial score (nSPS) is 10.7. The van der Waals surface area contributed by atoms with Gasteiger partial charge in [-0.05, 0) is 30.7 Å². The van der Waals surface area contributed by atoms with Crippen molar-refractivity contribution in [3.05, 3.63) is 64.6 Å². The first-order valence-electron chi connectivity index (χ1n) is 7.57. The lowest BCUT2D eigenvalue weighted by Crippen LogP contribution is -2.18. The highest BCUT2D eigenvalue weighted by atomic mass is 16.5. The molecule has 0 atom stereocenters. The van der Waals surface area contributed by atoms with Gasteiger partial charge in [-0.3, -0.25) is 4.79 Å². The molecule has 0 fully saturated rings. The smallest absolute Gasteiger partial charge is 0.251 e. The first-order valence-corrected chi connectivity index (χ1v) is 7.57. The summed E-state index contributed by atoms with van der Waals surface area (Å²) in [5.41, 5.74) is 2.04. The summed E-state index contributed by atoms with van der Waals surface area (Å²) in [6, 6.07) is 13.2. The van der Waals surface area contributed by atoms with Crippen LogP contribution < -0.4 is 15.6 Å². The van der Waals surface area contributed by atoms with Gasteiger partial charge in [-0.1, -0.05) is 12.1 Å². The summed E-state index contributed by atoms with van der Waals surface area (Å²) >= 11 is 0. The number of aromatic nitrogens is 2. The molecule has 0 aliphatic heterocycles. The molecule has 0 bridgehead atoms. The molecular formula is C18H19N3O2. The molecule has 23 heavy (non-hydrogen) atoms. The maximum Gasteiger partial charge on any atom is 0.251 e. The van der Waals surface area contributed by atoms with Crippen molar-refractivity contribution in [1.29, 1.82) is 0 Å². The Kier molecular flexibility index (Phi) is 4.28. The molecule has 5 nitrogen and oxygen atoms in total. The van der Waals surface area contributed by atoms with Crippen molar-refractivity contribution < 1.29 is 4.74 Å². The Morgan fingerprint density at radius 3 is 2.65 bits per heavy atom. The lowest BCUT2D eigenvalue weighted by Gasteiger charge is -2.10. The van der Waals surface area contributed by atoms with E-state index in [9.17, 15) is 4.79 Å². The van der Waals surface area contributed by atoms with Gasteiger partial charge in [0.1, 0.15) is 11.6 Å². The molecule has 3 aromatic rings. The second-order valence-electron chi connectivity index (χ2n) is 5.25. The van der Waals surface area contributed by atoms with Crippen molar-refractivity contribution in [2.75, 3.05) is 12.4 Å². The zero-order valence-electron chi connectivity index (χ0n) is 13.2. The van der Waals surface area contributed by atoms with Crippen molar-refractivity contribution in [3.63, 3.8) is 0 Å². The number of fused-ring (bicyclic) bond motifs is 1. The molecule has 5 heteroatoms. The highest BCUT2D eigenvalue weighted by Gasteiger charge is 2.04. The van der Waals surface area contributed by atoms with Gasteiger partial charge in [0.05, 0.1) is 12.6 Å². The number of pyridine rings is 2. The Hall–Kier alpha value is -2.82. The van der Waals surface area contributed by atoms with E-state index in [2.05, 4.69) is 10.3 Å². The molecule has 0 aliphatic carbocycles. The van der Waals surface area contributed by atoms with E-state index in [-0.39, 0.29) is 5.56 Å². The number of hydrogen-bond donors (Lipinski definition) is 1. The summed E-state index contributed by atoms with van der Waals surface area (Å²) in [5, 5.41) is 4.25. The van der Waals surface area contributed by atoms with E-state index >= 15 is 0 Å². The molecule has 0 spiro atoms. The predicted octanol–water partition coefficient (Wildman–Crippen LogP) is 3.04. The van der Waals surface area contributed by atoms with Gasteiger partial charge in [-0.2, -0.15) is 0 Å². The first-order chi connectivity index (χ1) is 11.2. The largest absolute Gasteiger partial charge is 0.497 e. The van der Waals surface area contributed by atoms with Crippen LogP contribution >= 0.6 is 0 Å². The molecule has 0 saturated heterocycles. The third-order valence-corrected chi connectivity index (χ3v) is 3.82. The number of benzene rings is 1. The molecule has 0 amide bonds. The van der Waals surface area contributed by atoms with Gasteiger partial charge in [0.25, 0.3) is 5.56 Å². The van der Waals surface area contributed by atoms with Crippen LogP contribution in [-0.4, -0.2) is 16.7 Å². The van der Waals surface area contributed by atoms with Gasteiger partial charge in [0.2, 0.25) is 0 Å². The van der Waals surface area contributed by atoms with Crippen LogP contribution in [0, 0.1) is 0 Å². The summed E-state index contributed by atoms with van der Waals surface area (Å²) in [4.78, 5) is 16.3. The van der Waals surface area contributed by atoms with Gasteiger partial charge in [0, 0.05) is 36.8 Å². The molecule has 2 heterocycles. The summed E-state index contributed by atoms with van der Waals surface area (Å²) in [5.74, 6) is 1.59. The van der Waals surface area contributed by atoms with Crippen LogP contribution in [0.4, 0.5) is 5.82 Å². The summed E-state index contributed by atoms with van der Waals surface area (Å²) in [6.45, 7) is 3.26. The van der Waals surface area contributed by atoms with Gasteiger partial charge in [-0.15, -0.1) is 0 Å². The van der Waals surface area contributed by atoms with E-state index in [1.165, 1.54) is 0 Å². The van der Waals surface area contributed by atoms with Crippen molar-refractivity contribution in [1.82, 2.24) is 9.55 Å². The minimum absolute atomic E-state index is 0.00676. The maximum absolute atomic E-state index is 11.9. The molecular weight excluding hydrogens is 290 g/mol. The van der Waals surface area contributed by atoms with Crippen LogP contribution in [0.1, 0.15) is 12.5 Å².